The largest absolute Gasteiger partial charge is 0.491 e. The molecule has 0 aliphatic carbocycles. The predicted octanol–water partition coefficient (Wildman–Crippen LogP) is 2.03. The van der Waals surface area contributed by atoms with E-state index in [4.69, 9.17) is 4.74 Å². The molecule has 6 heteroatoms. The fourth-order valence-corrected chi connectivity index (χ4v) is 0.790. The lowest BCUT2D eigenvalue weighted by Crippen LogP contribution is -2.19. The van der Waals surface area contributed by atoms with Crippen molar-refractivity contribution in [2.75, 3.05) is 13.7 Å². The maximum absolute atomic E-state index is 11.8. The van der Waals surface area contributed by atoms with Gasteiger partial charge >= 0.3 is 6.18 Å². The van der Waals surface area contributed by atoms with Gasteiger partial charge in [-0.25, -0.2) is 4.98 Å². The number of alkyl halides is 3. The molecule has 0 aromatic carbocycles. The van der Waals surface area contributed by atoms with Gasteiger partial charge in [-0.1, -0.05) is 0 Å². The Balaban J connectivity index is 2.67. The van der Waals surface area contributed by atoms with E-state index in [1.54, 1.807) is 6.07 Å². The van der Waals surface area contributed by atoms with Crippen LogP contribution in [0.1, 0.15) is 0 Å². The molecular formula is C8H8F3NO2. The Kier molecular flexibility index (Phi) is 3.16. The number of pyridine rings is 1. The quantitative estimate of drug-likeness (QED) is 0.759. The molecule has 1 heterocycles. The molecule has 0 N–H and O–H groups in total. The number of hydrogen-bond donors (Lipinski definition) is 0. The maximum atomic E-state index is 11.8. The number of halogens is 3. The smallest absolute Gasteiger partial charge is 0.422 e. The number of nitrogens with zero attached hydrogens (tertiary/aromatic N) is 1. The molecule has 0 amide bonds. The minimum Gasteiger partial charge on any atom is -0.491 e. The van der Waals surface area contributed by atoms with E-state index < -0.39 is 12.8 Å². The molecule has 0 radical (unpaired) electrons. The van der Waals surface area contributed by atoms with Crippen molar-refractivity contribution in [3.05, 3.63) is 18.3 Å². The van der Waals surface area contributed by atoms with Gasteiger partial charge in [0.05, 0.1) is 7.11 Å². The average Bonchev–Trinajstić information content (AvgIpc) is 2.14. The van der Waals surface area contributed by atoms with Gasteiger partial charge < -0.3 is 9.47 Å². The standard InChI is InChI=1S/C8H8F3NO2/c1-13-6-3-2-4-12-7(6)14-5-8(9,10)11/h2-4H,5H2,1H3. The molecule has 1 aromatic rings. The minimum absolute atomic E-state index is 0.160. The van der Waals surface area contributed by atoms with Crippen LogP contribution in [0.15, 0.2) is 18.3 Å². The van der Waals surface area contributed by atoms with E-state index in [0.717, 1.165) is 0 Å². The van der Waals surface area contributed by atoms with Crippen molar-refractivity contribution in [2.45, 2.75) is 6.18 Å². The average molecular weight is 207 g/mol. The van der Waals surface area contributed by atoms with Crippen molar-refractivity contribution in [3.63, 3.8) is 0 Å². The van der Waals surface area contributed by atoms with Crippen molar-refractivity contribution in [1.82, 2.24) is 4.98 Å². The number of ether oxygens (including phenoxy) is 2. The van der Waals surface area contributed by atoms with E-state index in [0.29, 0.717) is 0 Å². The van der Waals surface area contributed by atoms with Crippen molar-refractivity contribution < 1.29 is 22.6 Å². The second kappa shape index (κ2) is 4.17. The maximum Gasteiger partial charge on any atom is 0.422 e. The highest BCUT2D eigenvalue weighted by Gasteiger charge is 2.29. The molecular weight excluding hydrogens is 199 g/mol. The molecule has 0 unspecified atom stereocenters. The van der Waals surface area contributed by atoms with Gasteiger partial charge in [-0.05, 0) is 12.1 Å². The van der Waals surface area contributed by atoms with E-state index >= 15 is 0 Å². The summed E-state index contributed by atoms with van der Waals surface area (Å²) in [4.78, 5) is 3.61. The van der Waals surface area contributed by atoms with Gasteiger partial charge in [-0.15, -0.1) is 0 Å². The minimum atomic E-state index is -4.37. The molecule has 0 atom stereocenters. The van der Waals surface area contributed by atoms with Crippen LogP contribution in [0.4, 0.5) is 13.2 Å². The molecule has 0 spiro atoms. The summed E-state index contributed by atoms with van der Waals surface area (Å²) >= 11 is 0. The van der Waals surface area contributed by atoms with Crippen molar-refractivity contribution in [3.8, 4) is 11.6 Å². The van der Waals surface area contributed by atoms with Gasteiger partial charge in [0.1, 0.15) is 0 Å². The van der Waals surface area contributed by atoms with Crippen LogP contribution in [0.2, 0.25) is 0 Å². The van der Waals surface area contributed by atoms with Crippen LogP contribution < -0.4 is 9.47 Å². The van der Waals surface area contributed by atoms with Gasteiger partial charge in [0, 0.05) is 6.20 Å². The summed E-state index contributed by atoms with van der Waals surface area (Å²) in [6, 6.07) is 3.01. The summed E-state index contributed by atoms with van der Waals surface area (Å²) in [6.45, 7) is -1.37. The first-order valence-electron chi connectivity index (χ1n) is 3.71. The summed E-state index contributed by atoms with van der Waals surface area (Å²) in [5.41, 5.74) is 0. The molecule has 0 fully saturated rings. The molecule has 0 aliphatic heterocycles. The highest BCUT2D eigenvalue weighted by molar-refractivity contribution is 5.32. The van der Waals surface area contributed by atoms with E-state index in [9.17, 15) is 13.2 Å². The van der Waals surface area contributed by atoms with Crippen LogP contribution in [-0.2, 0) is 0 Å². The Bertz CT molecular complexity index is 301. The zero-order chi connectivity index (χ0) is 10.6. The van der Waals surface area contributed by atoms with Gasteiger partial charge in [-0.3, -0.25) is 0 Å². The SMILES string of the molecule is COc1cccnc1OCC(F)(F)F. The van der Waals surface area contributed by atoms with Crippen molar-refractivity contribution in [2.24, 2.45) is 0 Å². The fraction of sp³-hybridized carbons (Fsp3) is 0.375. The number of methoxy groups -OCH3 is 1. The number of aromatic nitrogens is 1. The fourth-order valence-electron chi connectivity index (χ4n) is 0.790. The van der Waals surface area contributed by atoms with E-state index in [1.165, 1.54) is 19.4 Å². The van der Waals surface area contributed by atoms with Crippen LogP contribution in [-0.4, -0.2) is 24.9 Å². The summed E-state index contributed by atoms with van der Waals surface area (Å²) in [7, 11) is 1.33. The van der Waals surface area contributed by atoms with Gasteiger partial charge in [0.15, 0.2) is 12.4 Å². The molecule has 78 valence electrons. The Labute approximate surface area is 78.5 Å². The van der Waals surface area contributed by atoms with Gasteiger partial charge in [0.2, 0.25) is 0 Å². The number of rotatable bonds is 3. The molecule has 14 heavy (non-hydrogen) atoms. The van der Waals surface area contributed by atoms with Crippen LogP contribution in [0.5, 0.6) is 11.6 Å². The lowest BCUT2D eigenvalue weighted by Gasteiger charge is -2.10. The Morgan fingerprint density at radius 1 is 1.43 bits per heavy atom. The predicted molar refractivity (Wildman–Crippen MR) is 42.3 cm³/mol. The topological polar surface area (TPSA) is 31.4 Å². The monoisotopic (exact) mass is 207 g/mol. The van der Waals surface area contributed by atoms with Gasteiger partial charge in [-0.2, -0.15) is 13.2 Å². The summed E-state index contributed by atoms with van der Waals surface area (Å²) in [5.74, 6) is 0.0177. The number of hydrogen-bond acceptors (Lipinski definition) is 3. The first-order valence-corrected chi connectivity index (χ1v) is 3.71. The zero-order valence-electron chi connectivity index (χ0n) is 7.34. The third-order valence-electron chi connectivity index (χ3n) is 1.33. The molecule has 1 rings (SSSR count). The highest BCUT2D eigenvalue weighted by Crippen LogP contribution is 2.25. The lowest BCUT2D eigenvalue weighted by molar-refractivity contribution is -0.154. The normalized spacial score (nSPS) is 11.1. The third-order valence-corrected chi connectivity index (χ3v) is 1.33. The van der Waals surface area contributed by atoms with Crippen LogP contribution in [0, 0.1) is 0 Å². The van der Waals surface area contributed by atoms with E-state index in [2.05, 4.69) is 9.72 Å². The van der Waals surface area contributed by atoms with Crippen LogP contribution >= 0.6 is 0 Å². The Morgan fingerprint density at radius 2 is 2.14 bits per heavy atom. The second-order valence-electron chi connectivity index (χ2n) is 2.41. The molecule has 3 nitrogen and oxygen atoms in total. The first kappa shape index (κ1) is 10.6. The van der Waals surface area contributed by atoms with Gasteiger partial charge in [0.25, 0.3) is 5.88 Å². The van der Waals surface area contributed by atoms with Crippen molar-refractivity contribution >= 4 is 0 Å². The molecule has 0 aliphatic rings. The van der Waals surface area contributed by atoms with Crippen molar-refractivity contribution in [1.29, 1.82) is 0 Å². The molecule has 1 aromatic heterocycles. The summed E-state index contributed by atoms with van der Waals surface area (Å²) in [6.07, 6.45) is -3.04. The Morgan fingerprint density at radius 3 is 2.71 bits per heavy atom. The molecule has 0 bridgehead atoms. The van der Waals surface area contributed by atoms with Crippen LogP contribution in [0.25, 0.3) is 0 Å². The van der Waals surface area contributed by atoms with E-state index in [1.807, 2.05) is 0 Å². The third kappa shape index (κ3) is 3.12. The summed E-state index contributed by atoms with van der Waals surface area (Å²) in [5, 5.41) is 0. The Hall–Kier alpha value is -1.46. The molecule has 0 saturated carbocycles. The highest BCUT2D eigenvalue weighted by atomic mass is 19.4. The van der Waals surface area contributed by atoms with Crippen LogP contribution in [0.3, 0.4) is 0 Å². The zero-order valence-corrected chi connectivity index (χ0v) is 7.34. The lowest BCUT2D eigenvalue weighted by atomic mass is 10.4. The summed E-state index contributed by atoms with van der Waals surface area (Å²) < 4.78 is 44.5. The second-order valence-corrected chi connectivity index (χ2v) is 2.41. The van der Waals surface area contributed by atoms with E-state index in [-0.39, 0.29) is 11.6 Å². The first-order chi connectivity index (χ1) is 6.53. The molecule has 0 saturated heterocycles.